The van der Waals surface area contributed by atoms with Crippen molar-refractivity contribution in [2.75, 3.05) is 7.11 Å². The van der Waals surface area contributed by atoms with Gasteiger partial charge in [0.05, 0.1) is 11.3 Å². The quantitative estimate of drug-likeness (QED) is 0.745. The number of esters is 1. The predicted molar refractivity (Wildman–Crippen MR) is 68.4 cm³/mol. The lowest BCUT2D eigenvalue weighted by atomic mass is 9.85. The lowest BCUT2D eigenvalue weighted by molar-refractivity contribution is -0.176. The summed E-state index contributed by atoms with van der Waals surface area (Å²) < 4.78 is 11.9. The number of fused-ring (bicyclic) bond motifs is 2. The molecule has 0 aromatic carbocycles. The van der Waals surface area contributed by atoms with Crippen LogP contribution in [0, 0.1) is 0 Å². The maximum atomic E-state index is 12.4. The first kappa shape index (κ1) is 13.1. The van der Waals surface area contributed by atoms with Crippen LogP contribution in [-0.4, -0.2) is 23.4 Å². The average molecular weight is 277 g/mol. The van der Waals surface area contributed by atoms with Crippen LogP contribution in [0.15, 0.2) is 10.9 Å². The minimum Gasteiger partial charge on any atom is -0.458 e. The van der Waals surface area contributed by atoms with Gasteiger partial charge < -0.3 is 14.0 Å². The summed E-state index contributed by atoms with van der Waals surface area (Å²) in [5.74, 6) is -0.588. The molecule has 3 rings (SSSR count). The molecule has 1 aromatic rings. The van der Waals surface area contributed by atoms with Crippen molar-refractivity contribution in [3.05, 3.63) is 33.2 Å². The number of aromatic nitrogens is 1. The summed E-state index contributed by atoms with van der Waals surface area (Å²) in [5.41, 5.74) is -0.299. The molecule has 6 nitrogen and oxygen atoms in total. The van der Waals surface area contributed by atoms with E-state index in [9.17, 15) is 14.4 Å². The molecule has 0 amide bonds. The molecule has 2 aliphatic heterocycles. The summed E-state index contributed by atoms with van der Waals surface area (Å²) in [7, 11) is 1.41. The van der Waals surface area contributed by atoms with Gasteiger partial charge in [-0.05, 0) is 12.5 Å². The van der Waals surface area contributed by atoms with Gasteiger partial charge in [0, 0.05) is 25.6 Å². The van der Waals surface area contributed by atoms with Gasteiger partial charge >= 0.3 is 5.97 Å². The molecular weight excluding hydrogens is 262 g/mol. The third-order valence-corrected chi connectivity index (χ3v) is 4.21. The summed E-state index contributed by atoms with van der Waals surface area (Å²) in [6.45, 7) is 2.11. The molecule has 0 saturated carbocycles. The van der Waals surface area contributed by atoms with Crippen LogP contribution in [-0.2, 0) is 33.0 Å². The number of carbonyl (C=O) groups is 2. The van der Waals surface area contributed by atoms with Gasteiger partial charge in [-0.3, -0.25) is 9.59 Å². The number of ether oxygens (including phenoxy) is 2. The van der Waals surface area contributed by atoms with Gasteiger partial charge in [0.2, 0.25) is 0 Å². The molecule has 0 aliphatic carbocycles. The van der Waals surface area contributed by atoms with Crippen LogP contribution in [0.3, 0.4) is 0 Å². The Balaban J connectivity index is 2.34. The highest BCUT2D eigenvalue weighted by molar-refractivity contribution is 5.97. The van der Waals surface area contributed by atoms with Crippen LogP contribution in [0.1, 0.15) is 41.4 Å². The zero-order valence-electron chi connectivity index (χ0n) is 11.4. The van der Waals surface area contributed by atoms with Gasteiger partial charge in [0.15, 0.2) is 11.4 Å². The van der Waals surface area contributed by atoms with Gasteiger partial charge in [-0.2, -0.15) is 0 Å². The first-order chi connectivity index (χ1) is 9.55. The maximum absolute atomic E-state index is 12.4. The average Bonchev–Trinajstić information content (AvgIpc) is 2.82. The lowest BCUT2D eigenvalue weighted by Gasteiger charge is -2.34. The summed E-state index contributed by atoms with van der Waals surface area (Å²) in [6, 6.07) is 1.62. The zero-order valence-corrected chi connectivity index (χ0v) is 11.4. The van der Waals surface area contributed by atoms with E-state index in [0.29, 0.717) is 36.2 Å². The van der Waals surface area contributed by atoms with Crippen molar-refractivity contribution in [2.24, 2.45) is 0 Å². The Bertz CT molecular complexity index is 669. The molecule has 0 radical (unpaired) electrons. The Morgan fingerprint density at radius 1 is 1.40 bits per heavy atom. The molecule has 20 heavy (non-hydrogen) atoms. The monoisotopic (exact) mass is 277 g/mol. The molecule has 1 atom stereocenters. The second kappa shape index (κ2) is 4.28. The van der Waals surface area contributed by atoms with Gasteiger partial charge in [-0.15, -0.1) is 0 Å². The van der Waals surface area contributed by atoms with E-state index in [-0.39, 0.29) is 17.9 Å². The maximum Gasteiger partial charge on any atom is 0.343 e. The Morgan fingerprint density at radius 3 is 2.80 bits per heavy atom. The largest absolute Gasteiger partial charge is 0.458 e. The van der Waals surface area contributed by atoms with E-state index in [2.05, 4.69) is 0 Å². The Hall–Kier alpha value is -1.95. The van der Waals surface area contributed by atoms with Crippen molar-refractivity contribution in [1.29, 1.82) is 0 Å². The summed E-state index contributed by atoms with van der Waals surface area (Å²) in [6.07, 6.45) is 0.658. The predicted octanol–water partition coefficient (Wildman–Crippen LogP) is 0.743. The van der Waals surface area contributed by atoms with E-state index < -0.39 is 11.6 Å². The van der Waals surface area contributed by atoms with Crippen LogP contribution in [0.4, 0.5) is 0 Å². The van der Waals surface area contributed by atoms with Gasteiger partial charge in [-0.1, -0.05) is 6.92 Å². The highest BCUT2D eigenvalue weighted by atomic mass is 16.6. The Labute approximate surface area is 115 Å². The summed E-state index contributed by atoms with van der Waals surface area (Å²) >= 11 is 0. The van der Waals surface area contributed by atoms with E-state index in [1.807, 2.05) is 0 Å². The van der Waals surface area contributed by atoms with Crippen molar-refractivity contribution >= 4 is 11.8 Å². The van der Waals surface area contributed by atoms with Crippen LogP contribution < -0.4 is 5.56 Å². The number of ketones is 1. The lowest BCUT2D eigenvalue weighted by Crippen LogP contribution is -2.46. The zero-order chi connectivity index (χ0) is 14.5. The van der Waals surface area contributed by atoms with Crippen molar-refractivity contribution < 1.29 is 19.1 Å². The van der Waals surface area contributed by atoms with Crippen molar-refractivity contribution in [1.82, 2.24) is 4.57 Å². The van der Waals surface area contributed by atoms with Crippen LogP contribution in [0.2, 0.25) is 0 Å². The molecule has 0 saturated heterocycles. The molecule has 2 aliphatic rings. The van der Waals surface area contributed by atoms with E-state index >= 15 is 0 Å². The highest BCUT2D eigenvalue weighted by Gasteiger charge is 2.47. The molecule has 0 spiro atoms. The third kappa shape index (κ3) is 1.45. The van der Waals surface area contributed by atoms with Crippen LogP contribution >= 0.6 is 0 Å². The van der Waals surface area contributed by atoms with E-state index in [4.69, 9.17) is 9.47 Å². The molecule has 1 unspecified atom stereocenters. The van der Waals surface area contributed by atoms with Crippen molar-refractivity contribution in [2.45, 2.75) is 38.5 Å². The normalized spacial score (nSPS) is 24.3. The molecular formula is C14H15NO5. The van der Waals surface area contributed by atoms with E-state index in [1.54, 1.807) is 13.0 Å². The molecule has 6 heteroatoms. The Morgan fingerprint density at radius 2 is 2.15 bits per heavy atom. The highest BCUT2D eigenvalue weighted by Crippen LogP contribution is 2.37. The second-order valence-electron chi connectivity index (χ2n) is 5.01. The molecule has 3 heterocycles. The fourth-order valence-electron chi connectivity index (χ4n) is 3.02. The first-order valence-corrected chi connectivity index (χ1v) is 6.58. The minimum absolute atomic E-state index is 0.0629. The van der Waals surface area contributed by atoms with Gasteiger partial charge in [-0.25, -0.2) is 4.79 Å². The Kier molecular flexibility index (Phi) is 2.79. The fraction of sp³-hybridized carbons (Fsp3) is 0.500. The number of hydrogen-bond donors (Lipinski definition) is 0. The van der Waals surface area contributed by atoms with Crippen molar-refractivity contribution in [3.8, 4) is 0 Å². The second-order valence-corrected chi connectivity index (χ2v) is 5.01. The molecule has 106 valence electrons. The number of pyridine rings is 1. The number of carbonyl (C=O) groups excluding carboxylic acids is 2. The number of hydrogen-bond acceptors (Lipinski definition) is 5. The molecule has 1 aromatic heterocycles. The fourth-order valence-corrected chi connectivity index (χ4v) is 3.02. The first-order valence-electron chi connectivity index (χ1n) is 6.58. The van der Waals surface area contributed by atoms with E-state index in [0.717, 1.165) is 0 Å². The molecule has 0 bridgehead atoms. The van der Waals surface area contributed by atoms with Gasteiger partial charge in [0.25, 0.3) is 5.56 Å². The van der Waals surface area contributed by atoms with Crippen LogP contribution in [0.5, 0.6) is 0 Å². The summed E-state index contributed by atoms with van der Waals surface area (Å²) in [5, 5.41) is 0. The van der Waals surface area contributed by atoms with Crippen molar-refractivity contribution in [3.63, 3.8) is 0 Å². The van der Waals surface area contributed by atoms with Crippen LogP contribution in [0.25, 0.3) is 0 Å². The number of cyclic esters (lactones) is 1. The van der Waals surface area contributed by atoms with Gasteiger partial charge in [0.1, 0.15) is 6.61 Å². The number of nitrogens with zero attached hydrogens (tertiary/aromatic N) is 1. The SMILES string of the molecule is CCC1(OC)C(=O)OCc2c1cc1n(c2=O)CCC1=O. The topological polar surface area (TPSA) is 74.6 Å². The number of Topliss-reactive ketones (excluding diaryl/α,β-unsaturated/α-hetero) is 1. The molecule has 0 fully saturated rings. The molecule has 0 N–H and O–H groups in total. The number of rotatable bonds is 2. The van der Waals surface area contributed by atoms with E-state index in [1.165, 1.54) is 11.7 Å². The minimum atomic E-state index is -1.29. The standard InChI is InChI=1S/C14H15NO5/c1-3-14(19-2)9-6-10-11(16)4-5-15(10)12(17)8(9)7-20-13(14)18/h6H,3-5,7H2,1-2H3. The third-order valence-electron chi connectivity index (χ3n) is 4.21. The summed E-state index contributed by atoms with van der Waals surface area (Å²) in [4.78, 5) is 36.4. The number of methoxy groups -OCH3 is 1. The smallest absolute Gasteiger partial charge is 0.343 e.